The number of allylic oxidation sites excluding steroid dienone is 3. The predicted molar refractivity (Wildman–Crippen MR) is 104 cm³/mol. The number of benzene rings is 1. The molecular weight excluding hydrogens is 311 g/mol. The van der Waals surface area contributed by atoms with Crippen LogP contribution in [0.25, 0.3) is 5.57 Å². The van der Waals surface area contributed by atoms with Crippen LogP contribution in [-0.4, -0.2) is 44.3 Å². The summed E-state index contributed by atoms with van der Waals surface area (Å²) in [6.07, 6.45) is 6.33. The first-order chi connectivity index (χ1) is 12.1. The van der Waals surface area contributed by atoms with Gasteiger partial charge in [-0.2, -0.15) is 0 Å². The summed E-state index contributed by atoms with van der Waals surface area (Å²) in [5, 5.41) is 3.35. The molecule has 2 atom stereocenters. The van der Waals surface area contributed by atoms with Crippen LogP contribution in [0, 0.1) is 18.8 Å². The molecule has 136 valence electrons. The number of aryl methyl sites for hydroxylation is 1. The van der Waals surface area contributed by atoms with Gasteiger partial charge in [0.15, 0.2) is 0 Å². The van der Waals surface area contributed by atoms with E-state index in [4.69, 9.17) is 0 Å². The van der Waals surface area contributed by atoms with Gasteiger partial charge in [0.25, 0.3) is 0 Å². The van der Waals surface area contributed by atoms with E-state index >= 15 is 0 Å². The van der Waals surface area contributed by atoms with Gasteiger partial charge in [0, 0.05) is 31.6 Å². The molecule has 1 N–H and O–H groups in total. The Morgan fingerprint density at radius 2 is 1.92 bits per heavy atom. The lowest BCUT2D eigenvalue weighted by Crippen LogP contribution is -2.49. The Bertz CT molecular complexity index is 628. The zero-order valence-electron chi connectivity index (χ0n) is 15.8. The first-order valence-electron chi connectivity index (χ1n) is 9.57. The van der Waals surface area contributed by atoms with Gasteiger partial charge in [-0.1, -0.05) is 54.5 Å². The summed E-state index contributed by atoms with van der Waals surface area (Å²) in [6, 6.07) is 8.89. The third kappa shape index (κ3) is 4.21. The van der Waals surface area contributed by atoms with E-state index in [0.29, 0.717) is 6.04 Å². The lowest BCUT2D eigenvalue weighted by Gasteiger charge is -2.37. The summed E-state index contributed by atoms with van der Waals surface area (Å²) in [6.45, 7) is 7.42. The van der Waals surface area contributed by atoms with E-state index in [1.807, 2.05) is 0 Å². The Morgan fingerprint density at radius 3 is 2.48 bits per heavy atom. The van der Waals surface area contributed by atoms with Gasteiger partial charge >= 0.3 is 0 Å². The summed E-state index contributed by atoms with van der Waals surface area (Å²) in [5.41, 5.74) is 4.93. The van der Waals surface area contributed by atoms with Gasteiger partial charge in [-0.15, -0.1) is 0 Å². The van der Waals surface area contributed by atoms with Crippen LogP contribution < -0.4 is 5.32 Å². The van der Waals surface area contributed by atoms with Gasteiger partial charge in [0.05, 0.1) is 6.67 Å². The van der Waals surface area contributed by atoms with Crippen molar-refractivity contribution in [1.29, 1.82) is 0 Å². The number of hydrogen-bond donors (Lipinski definition) is 1. The molecule has 2 aliphatic rings. The lowest BCUT2D eigenvalue weighted by atomic mass is 9.81. The second-order valence-corrected chi connectivity index (χ2v) is 7.67. The molecule has 0 bridgehead atoms. The molecule has 1 aromatic carbocycles. The average molecular weight is 343 g/mol. The lowest BCUT2D eigenvalue weighted by molar-refractivity contribution is 0.184. The number of rotatable bonds is 7. The highest BCUT2D eigenvalue weighted by atomic mass is 19.1. The molecule has 1 fully saturated rings. The Balaban J connectivity index is 1.78. The molecule has 0 saturated carbocycles. The molecule has 25 heavy (non-hydrogen) atoms. The fourth-order valence-electron chi connectivity index (χ4n) is 4.13. The number of alkyl halides is 1. The maximum atomic E-state index is 13.8. The molecule has 3 rings (SSSR count). The van der Waals surface area contributed by atoms with Crippen molar-refractivity contribution < 1.29 is 4.39 Å². The summed E-state index contributed by atoms with van der Waals surface area (Å²) >= 11 is 0. The van der Waals surface area contributed by atoms with Crippen LogP contribution in [0.4, 0.5) is 4.39 Å². The molecule has 1 heterocycles. The van der Waals surface area contributed by atoms with Crippen LogP contribution in [0.3, 0.4) is 0 Å². The third-order valence-electron chi connectivity index (χ3n) is 5.73. The largest absolute Gasteiger partial charge is 0.316 e. The molecule has 3 heteroatoms. The monoisotopic (exact) mass is 342 g/mol. The maximum Gasteiger partial charge on any atom is 0.0966 e. The van der Waals surface area contributed by atoms with Gasteiger partial charge in [0.1, 0.15) is 0 Å². The van der Waals surface area contributed by atoms with Crippen molar-refractivity contribution in [3.05, 3.63) is 53.1 Å². The van der Waals surface area contributed by atoms with E-state index in [1.54, 1.807) is 0 Å². The van der Waals surface area contributed by atoms with E-state index < -0.39 is 0 Å². The molecule has 1 aromatic rings. The van der Waals surface area contributed by atoms with Crippen LogP contribution >= 0.6 is 0 Å². The Hall–Kier alpha value is -1.45. The van der Waals surface area contributed by atoms with Gasteiger partial charge in [-0.25, -0.2) is 0 Å². The molecule has 1 aliphatic carbocycles. The Kier molecular flexibility index (Phi) is 6.08. The first kappa shape index (κ1) is 18.3. The molecule has 0 spiro atoms. The smallest absolute Gasteiger partial charge is 0.0966 e. The van der Waals surface area contributed by atoms with E-state index in [9.17, 15) is 4.39 Å². The molecule has 0 amide bonds. The van der Waals surface area contributed by atoms with E-state index in [1.165, 1.54) is 11.1 Å². The highest BCUT2D eigenvalue weighted by Crippen LogP contribution is 2.35. The minimum atomic E-state index is -0.288. The number of nitrogens with one attached hydrogen (secondary N) is 1. The van der Waals surface area contributed by atoms with Crippen molar-refractivity contribution in [3.8, 4) is 0 Å². The quantitative estimate of drug-likeness (QED) is 0.798. The fraction of sp³-hybridized carbons (Fsp3) is 0.545. The number of halogens is 1. The first-order valence-corrected chi connectivity index (χ1v) is 9.57. The molecule has 1 aliphatic heterocycles. The van der Waals surface area contributed by atoms with Crippen molar-refractivity contribution >= 4 is 5.57 Å². The molecule has 2 nitrogen and oxygen atoms in total. The van der Waals surface area contributed by atoms with Crippen LogP contribution in [0.5, 0.6) is 0 Å². The van der Waals surface area contributed by atoms with Crippen molar-refractivity contribution in [2.45, 2.75) is 32.7 Å². The van der Waals surface area contributed by atoms with Gasteiger partial charge in [-0.05, 0) is 43.9 Å². The summed E-state index contributed by atoms with van der Waals surface area (Å²) in [5.74, 6) is 0.745. The van der Waals surface area contributed by atoms with Crippen molar-refractivity contribution in [1.82, 2.24) is 10.2 Å². The second kappa shape index (κ2) is 8.29. The van der Waals surface area contributed by atoms with Gasteiger partial charge in [-0.3, -0.25) is 9.29 Å². The van der Waals surface area contributed by atoms with Crippen molar-refractivity contribution in [2.75, 3.05) is 33.4 Å². The number of hydrogen-bond acceptors (Lipinski definition) is 2. The van der Waals surface area contributed by atoms with Crippen LogP contribution in [0.15, 0.2) is 42.0 Å². The van der Waals surface area contributed by atoms with Crippen molar-refractivity contribution in [3.63, 3.8) is 0 Å². The topological polar surface area (TPSA) is 15.3 Å². The SMILES string of the molecule is CCC(C1=CC=C(c2ccc(C)cc2)C(CF)C1)N(C)CC1CNC1. The van der Waals surface area contributed by atoms with Crippen LogP contribution in [0.2, 0.25) is 0 Å². The van der Waals surface area contributed by atoms with Crippen LogP contribution in [0.1, 0.15) is 30.9 Å². The minimum Gasteiger partial charge on any atom is -0.316 e. The third-order valence-corrected chi connectivity index (χ3v) is 5.73. The fourth-order valence-corrected chi connectivity index (χ4v) is 4.13. The second-order valence-electron chi connectivity index (χ2n) is 7.67. The van der Waals surface area contributed by atoms with Gasteiger partial charge < -0.3 is 5.32 Å². The molecule has 0 aromatic heterocycles. The zero-order chi connectivity index (χ0) is 17.8. The number of nitrogens with zero attached hydrogens (tertiary/aromatic N) is 1. The normalized spacial score (nSPS) is 22.4. The summed E-state index contributed by atoms with van der Waals surface area (Å²) < 4.78 is 13.8. The number of likely N-dealkylation sites (N-methyl/N-ethyl adjacent to an activating group) is 1. The maximum absolute atomic E-state index is 13.8. The summed E-state index contributed by atoms with van der Waals surface area (Å²) in [7, 11) is 2.22. The predicted octanol–water partition coefficient (Wildman–Crippen LogP) is 4.22. The zero-order valence-corrected chi connectivity index (χ0v) is 15.8. The Morgan fingerprint density at radius 1 is 1.20 bits per heavy atom. The van der Waals surface area contributed by atoms with Gasteiger partial charge in [0.2, 0.25) is 0 Å². The van der Waals surface area contributed by atoms with E-state index in [0.717, 1.165) is 49.5 Å². The highest BCUT2D eigenvalue weighted by Gasteiger charge is 2.28. The molecule has 0 radical (unpaired) electrons. The van der Waals surface area contributed by atoms with E-state index in [-0.39, 0.29) is 12.6 Å². The van der Waals surface area contributed by atoms with Crippen LogP contribution in [-0.2, 0) is 0 Å². The minimum absolute atomic E-state index is 0.0180. The molecule has 2 unspecified atom stereocenters. The summed E-state index contributed by atoms with van der Waals surface area (Å²) in [4.78, 5) is 2.47. The van der Waals surface area contributed by atoms with Crippen molar-refractivity contribution in [2.24, 2.45) is 11.8 Å². The van der Waals surface area contributed by atoms with E-state index in [2.05, 4.69) is 67.5 Å². The average Bonchev–Trinajstić information content (AvgIpc) is 2.59. The standard InChI is InChI=1S/C22H31FN2/c1-4-22(25(3)15-17-13-24-14-17)19-9-10-21(20(11-19)12-23)18-7-5-16(2)6-8-18/h5-10,17,20,22,24H,4,11-15H2,1-3H3. The Labute approximate surface area is 151 Å². The highest BCUT2D eigenvalue weighted by molar-refractivity contribution is 5.71. The molecule has 1 saturated heterocycles. The molecular formula is C22H31FN2.